The van der Waals surface area contributed by atoms with E-state index in [9.17, 15) is 9.90 Å². The zero-order chi connectivity index (χ0) is 13.4. The fraction of sp³-hybridized carbons (Fsp3) is 0.857. The van der Waals surface area contributed by atoms with Gasteiger partial charge in [0.25, 0.3) is 5.84 Å². The Hall–Kier alpha value is -1.06. The Morgan fingerprint density at radius 1 is 1.22 bits per heavy atom. The van der Waals surface area contributed by atoms with Crippen molar-refractivity contribution in [2.75, 3.05) is 26.7 Å². The van der Waals surface area contributed by atoms with Gasteiger partial charge in [0.05, 0.1) is 13.6 Å². The third-order valence-electron chi connectivity index (χ3n) is 3.58. The van der Waals surface area contributed by atoms with Crippen LogP contribution in [0.1, 0.15) is 51.9 Å². The van der Waals surface area contributed by atoms with Crippen molar-refractivity contribution in [2.24, 2.45) is 0 Å². The summed E-state index contributed by atoms with van der Waals surface area (Å²) in [5, 5.41) is 11.0. The van der Waals surface area contributed by atoms with Gasteiger partial charge >= 0.3 is 0 Å². The highest BCUT2D eigenvalue weighted by molar-refractivity contribution is 6.31. The molecule has 0 saturated heterocycles. The lowest BCUT2D eigenvalue weighted by molar-refractivity contribution is -0.488. The molecule has 0 aromatic carbocycles. The number of unbranched alkanes of at least 4 members (excludes halogenated alkanes) is 6. The number of hydrogen-bond donors (Lipinski definition) is 0. The molecule has 0 unspecified atom stereocenters. The number of hydrogen-bond acceptors (Lipinski definition) is 3. The highest BCUT2D eigenvalue weighted by atomic mass is 16.4. The highest BCUT2D eigenvalue weighted by Crippen LogP contribution is 2.09. The maximum Gasteiger partial charge on any atom is 0.295 e. The topological polar surface area (TPSA) is 46.4 Å². The van der Waals surface area contributed by atoms with Gasteiger partial charge in [0.2, 0.25) is 0 Å². The smallest absolute Gasteiger partial charge is 0.295 e. The van der Waals surface area contributed by atoms with Crippen LogP contribution in [0.3, 0.4) is 0 Å². The van der Waals surface area contributed by atoms with Gasteiger partial charge in [-0.3, -0.25) is 9.48 Å². The van der Waals surface area contributed by atoms with E-state index in [2.05, 4.69) is 6.92 Å². The van der Waals surface area contributed by atoms with E-state index >= 15 is 0 Å². The number of amidine groups is 1. The predicted molar refractivity (Wildman–Crippen MR) is 70.6 cm³/mol. The molecule has 0 aliphatic carbocycles. The summed E-state index contributed by atoms with van der Waals surface area (Å²) >= 11 is 0. The molecule has 0 N–H and O–H groups in total. The molecule has 1 aliphatic heterocycles. The molecule has 0 atom stereocenters. The standard InChI is InChI=1S/C14H26N2O2/c1-3-4-5-6-7-8-9-10-16-12-11-15(2)13(16)14(17)18/h3-12H2,1-2H3. The summed E-state index contributed by atoms with van der Waals surface area (Å²) in [5.41, 5.74) is 0. The van der Waals surface area contributed by atoms with Crippen molar-refractivity contribution in [3.05, 3.63) is 0 Å². The van der Waals surface area contributed by atoms with Crippen molar-refractivity contribution < 1.29 is 14.5 Å². The molecular weight excluding hydrogens is 228 g/mol. The van der Waals surface area contributed by atoms with Crippen LogP contribution in [-0.4, -0.2) is 48.0 Å². The monoisotopic (exact) mass is 254 g/mol. The minimum atomic E-state index is -1.04. The second-order valence-electron chi connectivity index (χ2n) is 5.14. The third kappa shape index (κ3) is 4.67. The quantitative estimate of drug-likeness (QED) is 0.452. The Labute approximate surface area is 110 Å². The van der Waals surface area contributed by atoms with E-state index in [0.29, 0.717) is 5.84 Å². The molecule has 18 heavy (non-hydrogen) atoms. The molecule has 0 fully saturated rings. The summed E-state index contributed by atoms with van der Waals surface area (Å²) in [6.45, 7) is 4.68. The fourth-order valence-electron chi connectivity index (χ4n) is 2.49. The zero-order valence-corrected chi connectivity index (χ0v) is 11.8. The number of carbonyl (C=O) groups excluding carboxylic acids is 1. The molecule has 0 aromatic rings. The van der Waals surface area contributed by atoms with Crippen LogP contribution in [0.2, 0.25) is 0 Å². The van der Waals surface area contributed by atoms with Gasteiger partial charge in [-0.05, 0) is 12.8 Å². The van der Waals surface area contributed by atoms with Crippen LogP contribution in [0, 0.1) is 0 Å². The second-order valence-corrected chi connectivity index (χ2v) is 5.14. The molecule has 0 radical (unpaired) electrons. The molecule has 1 aliphatic rings. The Kier molecular flexibility index (Phi) is 6.76. The van der Waals surface area contributed by atoms with Gasteiger partial charge in [-0.15, -0.1) is 0 Å². The third-order valence-corrected chi connectivity index (χ3v) is 3.58. The van der Waals surface area contributed by atoms with Crippen LogP contribution in [0.4, 0.5) is 0 Å². The van der Waals surface area contributed by atoms with E-state index in [0.717, 1.165) is 26.1 Å². The molecular formula is C14H26N2O2. The summed E-state index contributed by atoms with van der Waals surface area (Å²) in [6, 6.07) is 0. The number of carboxylic acid groups (broad SMARTS) is 1. The predicted octanol–water partition coefficient (Wildman–Crippen LogP) is 0.843. The van der Waals surface area contributed by atoms with Gasteiger partial charge in [0.15, 0.2) is 5.97 Å². The zero-order valence-electron chi connectivity index (χ0n) is 11.8. The van der Waals surface area contributed by atoms with Gasteiger partial charge in [-0.2, -0.15) is 0 Å². The van der Waals surface area contributed by atoms with Gasteiger partial charge < -0.3 is 9.90 Å². The van der Waals surface area contributed by atoms with E-state index < -0.39 is 5.97 Å². The Morgan fingerprint density at radius 2 is 1.83 bits per heavy atom. The van der Waals surface area contributed by atoms with Gasteiger partial charge in [-0.1, -0.05) is 39.0 Å². The van der Waals surface area contributed by atoms with Gasteiger partial charge in [-0.25, -0.2) is 0 Å². The van der Waals surface area contributed by atoms with Crippen LogP contribution in [0.15, 0.2) is 0 Å². The van der Waals surface area contributed by atoms with E-state index in [1.54, 1.807) is 4.58 Å². The van der Waals surface area contributed by atoms with Crippen molar-refractivity contribution in [3.63, 3.8) is 0 Å². The lowest BCUT2D eigenvalue weighted by atomic mass is 10.1. The molecule has 1 heterocycles. The molecule has 104 valence electrons. The Morgan fingerprint density at radius 3 is 2.44 bits per heavy atom. The first-order valence-electron chi connectivity index (χ1n) is 7.21. The average Bonchev–Trinajstić information content (AvgIpc) is 2.69. The highest BCUT2D eigenvalue weighted by Gasteiger charge is 2.28. The van der Waals surface area contributed by atoms with Crippen molar-refractivity contribution >= 4 is 11.8 Å². The van der Waals surface area contributed by atoms with Crippen LogP contribution >= 0.6 is 0 Å². The SMILES string of the molecule is CCCCCCCCCN1CC[N+](C)=C1C(=O)[O-]. The van der Waals surface area contributed by atoms with Crippen molar-refractivity contribution in [3.8, 4) is 0 Å². The van der Waals surface area contributed by atoms with Crippen molar-refractivity contribution in [1.29, 1.82) is 0 Å². The fourth-order valence-corrected chi connectivity index (χ4v) is 2.49. The Bertz CT molecular complexity index is 300. The molecule has 4 nitrogen and oxygen atoms in total. The minimum absolute atomic E-state index is 0.362. The number of aliphatic carboxylic acids is 1. The van der Waals surface area contributed by atoms with E-state index in [-0.39, 0.29) is 0 Å². The molecule has 1 rings (SSSR count). The lowest BCUT2D eigenvalue weighted by Gasteiger charge is -2.13. The summed E-state index contributed by atoms with van der Waals surface area (Å²) in [4.78, 5) is 12.9. The first-order valence-corrected chi connectivity index (χ1v) is 7.21. The maximum absolute atomic E-state index is 11.0. The van der Waals surface area contributed by atoms with Crippen molar-refractivity contribution in [2.45, 2.75) is 51.9 Å². The van der Waals surface area contributed by atoms with Crippen molar-refractivity contribution in [1.82, 2.24) is 4.90 Å². The molecule has 0 saturated carbocycles. The van der Waals surface area contributed by atoms with E-state index in [1.807, 2.05) is 11.9 Å². The first-order chi connectivity index (χ1) is 8.66. The van der Waals surface area contributed by atoms with Crippen LogP contribution in [0.25, 0.3) is 0 Å². The number of carbonyl (C=O) groups is 1. The molecule has 0 aromatic heterocycles. The van der Waals surface area contributed by atoms with E-state index in [4.69, 9.17) is 0 Å². The second kappa shape index (κ2) is 8.11. The average molecular weight is 254 g/mol. The summed E-state index contributed by atoms with van der Waals surface area (Å²) < 4.78 is 1.77. The molecule has 0 bridgehead atoms. The Balaban J connectivity index is 2.15. The number of carboxylic acids is 1. The van der Waals surface area contributed by atoms with E-state index in [1.165, 1.54) is 38.5 Å². The number of nitrogens with zero attached hydrogens (tertiary/aromatic N) is 2. The largest absolute Gasteiger partial charge is 0.538 e. The maximum atomic E-state index is 11.0. The molecule has 4 heteroatoms. The van der Waals surface area contributed by atoms with Crippen LogP contribution in [-0.2, 0) is 4.79 Å². The number of rotatable bonds is 9. The van der Waals surface area contributed by atoms with Crippen LogP contribution in [0.5, 0.6) is 0 Å². The number of likely N-dealkylation sites (N-methyl/N-ethyl adjacent to an activating group) is 1. The molecule has 0 amide bonds. The lowest BCUT2D eigenvalue weighted by Crippen LogP contribution is -2.44. The summed E-state index contributed by atoms with van der Waals surface area (Å²) in [7, 11) is 1.82. The molecule has 0 spiro atoms. The van der Waals surface area contributed by atoms with Gasteiger partial charge in [0, 0.05) is 0 Å². The first kappa shape index (κ1) is 15.0. The summed E-state index contributed by atoms with van der Waals surface area (Å²) in [6.07, 6.45) is 8.80. The van der Waals surface area contributed by atoms with Crippen LogP contribution < -0.4 is 5.11 Å². The minimum Gasteiger partial charge on any atom is -0.538 e. The normalized spacial score (nSPS) is 15.6. The summed E-state index contributed by atoms with van der Waals surface area (Å²) in [5.74, 6) is -0.682. The van der Waals surface area contributed by atoms with Gasteiger partial charge in [0.1, 0.15) is 13.1 Å².